The Balaban J connectivity index is 1.49. The largest absolute Gasteiger partial charge is 0.380 e. The molecule has 1 amide bonds. The molecule has 1 N–H and O–H groups in total. The van der Waals surface area contributed by atoms with Crippen molar-refractivity contribution >= 4 is 23.4 Å². The molecule has 1 fully saturated rings. The number of nitriles is 1. The lowest BCUT2D eigenvalue weighted by Crippen LogP contribution is -2.31. The van der Waals surface area contributed by atoms with Gasteiger partial charge in [0.1, 0.15) is 6.07 Å². The molecule has 0 saturated carbocycles. The third-order valence-electron chi connectivity index (χ3n) is 4.96. The summed E-state index contributed by atoms with van der Waals surface area (Å²) in [7, 11) is 0. The number of para-hydroxylation sites is 1. The predicted octanol–water partition coefficient (Wildman–Crippen LogP) is 5.04. The van der Waals surface area contributed by atoms with Crippen LogP contribution in [0.1, 0.15) is 22.3 Å². The topological polar surface area (TPSA) is 56.1 Å². The minimum absolute atomic E-state index is 0.0416. The lowest BCUT2D eigenvalue weighted by molar-refractivity contribution is 0.0788. The molecule has 0 radical (unpaired) electrons. The number of hydrogen-bond donors (Lipinski definition) is 1. The van der Waals surface area contributed by atoms with Crippen molar-refractivity contribution in [1.29, 1.82) is 5.26 Å². The Hall–Kier alpha value is -3.23. The second kappa shape index (κ2) is 8.85. The molecule has 4 nitrogen and oxygen atoms in total. The van der Waals surface area contributed by atoms with E-state index in [4.69, 9.17) is 0 Å². The van der Waals surface area contributed by atoms with Crippen LogP contribution in [0.3, 0.4) is 0 Å². The number of likely N-dealkylation sites (tertiary alicyclic amines) is 1. The van der Waals surface area contributed by atoms with E-state index in [0.29, 0.717) is 17.7 Å². The predicted molar refractivity (Wildman–Crippen MR) is 116 cm³/mol. The summed E-state index contributed by atoms with van der Waals surface area (Å²) >= 11 is 1.47. The maximum atomic E-state index is 13.2. The van der Waals surface area contributed by atoms with Gasteiger partial charge in [0.15, 0.2) is 0 Å². The molecule has 1 aliphatic heterocycles. The lowest BCUT2D eigenvalue weighted by Gasteiger charge is -2.19. The Labute approximate surface area is 175 Å². The SMILES string of the molecule is N#Cc1ccccc1Sc1ccccc1C(=O)N1CCC(Nc2ccccc2)C1. The van der Waals surface area contributed by atoms with Gasteiger partial charge < -0.3 is 10.2 Å². The van der Waals surface area contributed by atoms with E-state index < -0.39 is 0 Å². The monoisotopic (exact) mass is 399 g/mol. The third kappa shape index (κ3) is 4.44. The number of carbonyl (C=O) groups is 1. The van der Waals surface area contributed by atoms with Gasteiger partial charge in [-0.15, -0.1) is 0 Å². The van der Waals surface area contributed by atoms with Crippen molar-refractivity contribution in [2.24, 2.45) is 0 Å². The number of rotatable bonds is 5. The average Bonchev–Trinajstić information content (AvgIpc) is 3.23. The number of amides is 1. The highest BCUT2D eigenvalue weighted by molar-refractivity contribution is 7.99. The van der Waals surface area contributed by atoms with Crippen molar-refractivity contribution in [2.45, 2.75) is 22.3 Å². The van der Waals surface area contributed by atoms with Crippen LogP contribution in [0.15, 0.2) is 88.7 Å². The maximum Gasteiger partial charge on any atom is 0.255 e. The number of benzene rings is 3. The van der Waals surface area contributed by atoms with Crippen LogP contribution in [0.4, 0.5) is 5.69 Å². The quantitative estimate of drug-likeness (QED) is 0.653. The Bertz CT molecular complexity index is 1050. The third-order valence-corrected chi connectivity index (χ3v) is 6.12. The fraction of sp³-hybridized carbons (Fsp3) is 0.167. The molecule has 0 bridgehead atoms. The molecular weight excluding hydrogens is 378 g/mol. The normalized spacial score (nSPS) is 15.7. The van der Waals surface area contributed by atoms with Crippen molar-refractivity contribution in [3.05, 3.63) is 90.0 Å². The molecule has 1 saturated heterocycles. The summed E-state index contributed by atoms with van der Waals surface area (Å²) in [6.07, 6.45) is 0.924. The van der Waals surface area contributed by atoms with Gasteiger partial charge in [-0.05, 0) is 42.8 Å². The summed E-state index contributed by atoms with van der Waals surface area (Å²) < 4.78 is 0. The number of anilines is 1. The maximum absolute atomic E-state index is 13.2. The Morgan fingerprint density at radius 2 is 1.66 bits per heavy atom. The van der Waals surface area contributed by atoms with Crippen LogP contribution in [0.25, 0.3) is 0 Å². The summed E-state index contributed by atoms with van der Waals surface area (Å²) in [5, 5.41) is 12.9. The minimum Gasteiger partial charge on any atom is -0.380 e. The molecular formula is C24H21N3OS. The highest BCUT2D eigenvalue weighted by Gasteiger charge is 2.28. The smallest absolute Gasteiger partial charge is 0.255 e. The Morgan fingerprint density at radius 3 is 2.45 bits per heavy atom. The van der Waals surface area contributed by atoms with E-state index in [9.17, 15) is 10.1 Å². The molecule has 1 aliphatic rings. The van der Waals surface area contributed by atoms with Gasteiger partial charge >= 0.3 is 0 Å². The van der Waals surface area contributed by atoms with Crippen molar-refractivity contribution in [3.63, 3.8) is 0 Å². The molecule has 1 unspecified atom stereocenters. The van der Waals surface area contributed by atoms with E-state index in [-0.39, 0.29) is 11.9 Å². The zero-order valence-electron chi connectivity index (χ0n) is 15.9. The Morgan fingerprint density at radius 1 is 0.966 bits per heavy atom. The van der Waals surface area contributed by atoms with Crippen molar-refractivity contribution in [3.8, 4) is 6.07 Å². The first-order valence-corrected chi connectivity index (χ1v) is 10.4. The number of hydrogen-bond acceptors (Lipinski definition) is 4. The first-order chi connectivity index (χ1) is 14.2. The molecule has 29 heavy (non-hydrogen) atoms. The summed E-state index contributed by atoms with van der Waals surface area (Å²) in [4.78, 5) is 16.9. The van der Waals surface area contributed by atoms with Crippen LogP contribution in [0, 0.1) is 11.3 Å². The summed E-state index contributed by atoms with van der Waals surface area (Å²) in [5.41, 5.74) is 2.38. The van der Waals surface area contributed by atoms with Crippen LogP contribution >= 0.6 is 11.8 Å². The molecule has 4 rings (SSSR count). The lowest BCUT2D eigenvalue weighted by atomic mass is 10.2. The zero-order valence-corrected chi connectivity index (χ0v) is 16.7. The van der Waals surface area contributed by atoms with Crippen LogP contribution in [-0.4, -0.2) is 29.9 Å². The molecule has 1 atom stereocenters. The second-order valence-electron chi connectivity index (χ2n) is 6.95. The molecule has 0 aliphatic carbocycles. The average molecular weight is 400 g/mol. The molecule has 1 heterocycles. The van der Waals surface area contributed by atoms with Crippen LogP contribution in [0.5, 0.6) is 0 Å². The van der Waals surface area contributed by atoms with Crippen LogP contribution in [-0.2, 0) is 0 Å². The summed E-state index contributed by atoms with van der Waals surface area (Å²) in [5.74, 6) is 0.0416. The van der Waals surface area contributed by atoms with Gasteiger partial charge in [-0.3, -0.25) is 4.79 Å². The van der Waals surface area contributed by atoms with Gasteiger partial charge in [0.05, 0.1) is 11.1 Å². The van der Waals surface area contributed by atoms with Crippen LogP contribution in [0.2, 0.25) is 0 Å². The van der Waals surface area contributed by atoms with Crippen molar-refractivity contribution < 1.29 is 4.79 Å². The molecule has 0 spiro atoms. The molecule has 5 heteroatoms. The number of nitrogens with one attached hydrogen (secondary N) is 1. The zero-order chi connectivity index (χ0) is 20.1. The summed E-state index contributed by atoms with van der Waals surface area (Å²) in [6.45, 7) is 1.42. The van der Waals surface area contributed by atoms with Gasteiger partial charge in [0.2, 0.25) is 0 Å². The van der Waals surface area contributed by atoms with E-state index in [1.807, 2.05) is 77.7 Å². The fourth-order valence-electron chi connectivity index (χ4n) is 3.50. The van der Waals surface area contributed by atoms with E-state index in [2.05, 4.69) is 11.4 Å². The first-order valence-electron chi connectivity index (χ1n) is 9.61. The fourth-order valence-corrected chi connectivity index (χ4v) is 4.52. The van der Waals surface area contributed by atoms with E-state index in [1.54, 1.807) is 6.07 Å². The van der Waals surface area contributed by atoms with E-state index in [1.165, 1.54) is 11.8 Å². The number of carbonyl (C=O) groups excluding carboxylic acids is 1. The molecule has 3 aromatic carbocycles. The second-order valence-corrected chi connectivity index (χ2v) is 8.04. The Kier molecular flexibility index (Phi) is 5.83. The molecule has 3 aromatic rings. The minimum atomic E-state index is 0.0416. The molecule has 0 aromatic heterocycles. The highest BCUT2D eigenvalue weighted by atomic mass is 32.2. The van der Waals surface area contributed by atoms with E-state index >= 15 is 0 Å². The summed E-state index contributed by atoms with van der Waals surface area (Å²) in [6, 6.07) is 27.7. The van der Waals surface area contributed by atoms with Crippen LogP contribution < -0.4 is 5.32 Å². The van der Waals surface area contributed by atoms with Gasteiger partial charge in [0, 0.05) is 34.6 Å². The van der Waals surface area contributed by atoms with Gasteiger partial charge in [-0.1, -0.05) is 54.2 Å². The molecule has 144 valence electrons. The van der Waals surface area contributed by atoms with Gasteiger partial charge in [-0.25, -0.2) is 0 Å². The van der Waals surface area contributed by atoms with Gasteiger partial charge in [0.25, 0.3) is 5.91 Å². The van der Waals surface area contributed by atoms with Crippen molar-refractivity contribution in [2.75, 3.05) is 18.4 Å². The highest BCUT2D eigenvalue weighted by Crippen LogP contribution is 2.33. The first kappa shape index (κ1) is 19.1. The standard InChI is InChI=1S/C24H21N3OS/c25-16-18-8-4-6-12-22(18)29-23-13-7-5-11-21(23)24(28)27-15-14-20(17-27)26-19-9-2-1-3-10-19/h1-13,20,26H,14-15,17H2. The van der Waals surface area contributed by atoms with Gasteiger partial charge in [-0.2, -0.15) is 5.26 Å². The van der Waals surface area contributed by atoms with E-state index in [0.717, 1.165) is 28.4 Å². The van der Waals surface area contributed by atoms with Crippen molar-refractivity contribution in [1.82, 2.24) is 4.90 Å². The number of nitrogens with zero attached hydrogens (tertiary/aromatic N) is 2.